The van der Waals surface area contributed by atoms with Gasteiger partial charge in [-0.25, -0.2) is 4.98 Å². The van der Waals surface area contributed by atoms with Crippen molar-refractivity contribution < 1.29 is 19.0 Å². The Bertz CT molecular complexity index is 1390. The average molecular weight is 483 g/mol. The molecule has 0 aliphatic carbocycles. The smallest absolute Gasteiger partial charge is 0.308 e. The Morgan fingerprint density at radius 1 is 0.943 bits per heavy atom. The van der Waals surface area contributed by atoms with Crippen LogP contribution in [-0.2, 0) is 4.79 Å². The van der Waals surface area contributed by atoms with Crippen molar-refractivity contribution in [3.63, 3.8) is 0 Å². The number of allylic oxidation sites excluding steroid dienone is 1. The van der Waals surface area contributed by atoms with Crippen LogP contribution in [0.4, 0.5) is 0 Å². The molecular weight excluding hydrogens is 460 g/mol. The second-order valence-corrected chi connectivity index (χ2v) is 8.36. The van der Waals surface area contributed by atoms with Gasteiger partial charge < -0.3 is 14.2 Å². The Morgan fingerprint density at radius 3 is 2.11 bits per heavy atom. The fourth-order valence-electron chi connectivity index (χ4n) is 3.53. The minimum atomic E-state index is -0.491. The van der Waals surface area contributed by atoms with Crippen LogP contribution in [0.15, 0.2) is 72.1 Å². The largest absolute Gasteiger partial charge is 0.493 e. The Labute approximate surface area is 207 Å². The van der Waals surface area contributed by atoms with E-state index in [9.17, 15) is 10.1 Å². The third-order valence-electron chi connectivity index (χ3n) is 5.18. The predicted octanol–water partition coefficient (Wildman–Crippen LogP) is 6.48. The molecule has 0 fully saturated rings. The highest BCUT2D eigenvalue weighted by molar-refractivity contribution is 7.11. The molecule has 1 aromatic heterocycles. The van der Waals surface area contributed by atoms with E-state index in [0.29, 0.717) is 27.6 Å². The lowest BCUT2D eigenvalue weighted by atomic mass is 10.0. The molecule has 0 unspecified atom stereocenters. The number of carbonyl (C=O) groups is 1. The molecule has 4 rings (SSSR count). The van der Waals surface area contributed by atoms with E-state index in [2.05, 4.69) is 35.3 Å². The van der Waals surface area contributed by atoms with E-state index in [0.717, 1.165) is 22.4 Å². The summed E-state index contributed by atoms with van der Waals surface area (Å²) in [7, 11) is 2.94. The number of esters is 1. The fourth-order valence-corrected chi connectivity index (χ4v) is 4.33. The zero-order chi connectivity index (χ0) is 24.8. The van der Waals surface area contributed by atoms with Gasteiger partial charge in [-0.3, -0.25) is 4.79 Å². The number of rotatable bonds is 7. The lowest BCUT2D eigenvalue weighted by Gasteiger charge is -2.13. The van der Waals surface area contributed by atoms with Gasteiger partial charge in [0.25, 0.3) is 0 Å². The van der Waals surface area contributed by atoms with Crippen molar-refractivity contribution in [2.24, 2.45) is 0 Å². The van der Waals surface area contributed by atoms with Gasteiger partial charge in [-0.2, -0.15) is 5.26 Å². The van der Waals surface area contributed by atoms with Crippen LogP contribution in [0, 0.1) is 11.3 Å². The van der Waals surface area contributed by atoms with Crippen LogP contribution < -0.4 is 14.2 Å². The molecule has 4 aromatic rings. The molecular formula is C28H22N2O4S. The van der Waals surface area contributed by atoms with Gasteiger partial charge in [0.15, 0.2) is 11.5 Å². The van der Waals surface area contributed by atoms with E-state index in [1.807, 2.05) is 35.7 Å². The Kier molecular flexibility index (Phi) is 7.24. The maximum absolute atomic E-state index is 11.5. The summed E-state index contributed by atoms with van der Waals surface area (Å²) < 4.78 is 16.0. The molecule has 0 aliphatic rings. The van der Waals surface area contributed by atoms with Crippen LogP contribution in [0.1, 0.15) is 17.5 Å². The number of nitrogens with zero attached hydrogens (tertiary/aromatic N) is 2. The van der Waals surface area contributed by atoms with Gasteiger partial charge in [-0.1, -0.05) is 54.6 Å². The third-order valence-corrected chi connectivity index (χ3v) is 6.06. The lowest BCUT2D eigenvalue weighted by molar-refractivity contribution is -0.132. The molecule has 6 nitrogen and oxygen atoms in total. The van der Waals surface area contributed by atoms with Crippen LogP contribution in [-0.4, -0.2) is 25.2 Å². The van der Waals surface area contributed by atoms with Crippen molar-refractivity contribution in [3.8, 4) is 45.7 Å². The number of carbonyl (C=O) groups excluding carboxylic acids is 1. The van der Waals surface area contributed by atoms with Gasteiger partial charge in [0, 0.05) is 17.9 Å². The highest BCUT2D eigenvalue weighted by atomic mass is 32.1. The van der Waals surface area contributed by atoms with Crippen molar-refractivity contribution in [2.45, 2.75) is 6.92 Å². The number of methoxy groups -OCH3 is 2. The number of ether oxygens (including phenoxy) is 3. The minimum absolute atomic E-state index is 0.189. The quantitative estimate of drug-likeness (QED) is 0.170. The average Bonchev–Trinajstić information content (AvgIpc) is 3.38. The van der Waals surface area contributed by atoms with E-state index in [1.54, 1.807) is 18.2 Å². The van der Waals surface area contributed by atoms with Crippen molar-refractivity contribution >= 4 is 29.0 Å². The first kappa shape index (κ1) is 23.7. The standard InChI is InChI=1S/C28H22N2O4S/c1-18(31)34-27-25(32-2)14-19(15-26(27)33-3)13-23(16-29)28-30-24(17-35-28)22-11-9-21(10-12-22)20-7-5-4-6-8-20/h4-15,17H,1-3H3/b23-13-. The number of nitriles is 1. The van der Waals surface area contributed by atoms with Crippen LogP contribution in [0.2, 0.25) is 0 Å². The zero-order valence-corrected chi connectivity index (χ0v) is 20.3. The minimum Gasteiger partial charge on any atom is -0.493 e. The molecule has 0 amide bonds. The number of thiazole rings is 1. The molecule has 0 saturated carbocycles. The summed E-state index contributed by atoms with van der Waals surface area (Å²) in [5.74, 6) is 0.339. The molecule has 0 aliphatic heterocycles. The fraction of sp³-hybridized carbons (Fsp3) is 0.107. The molecule has 0 bridgehead atoms. The third kappa shape index (κ3) is 5.40. The first-order valence-electron chi connectivity index (χ1n) is 10.7. The molecule has 0 radical (unpaired) electrons. The molecule has 35 heavy (non-hydrogen) atoms. The maximum Gasteiger partial charge on any atom is 0.308 e. The number of aromatic nitrogens is 1. The van der Waals surface area contributed by atoms with Gasteiger partial charge in [-0.15, -0.1) is 11.3 Å². The number of hydrogen-bond donors (Lipinski definition) is 0. The second-order valence-electron chi connectivity index (χ2n) is 7.50. The molecule has 1 heterocycles. The molecule has 0 atom stereocenters. The molecule has 3 aromatic carbocycles. The normalized spacial score (nSPS) is 11.0. The van der Waals surface area contributed by atoms with E-state index in [-0.39, 0.29) is 5.75 Å². The Hall–Kier alpha value is -4.41. The van der Waals surface area contributed by atoms with Crippen molar-refractivity contribution in [1.82, 2.24) is 4.98 Å². The summed E-state index contributed by atoms with van der Waals surface area (Å²) in [4.78, 5) is 16.1. The van der Waals surface area contributed by atoms with E-state index in [4.69, 9.17) is 14.2 Å². The summed E-state index contributed by atoms with van der Waals surface area (Å²) in [6.07, 6.45) is 1.70. The van der Waals surface area contributed by atoms with Crippen LogP contribution in [0.3, 0.4) is 0 Å². The predicted molar refractivity (Wildman–Crippen MR) is 137 cm³/mol. The van der Waals surface area contributed by atoms with Crippen LogP contribution >= 0.6 is 11.3 Å². The molecule has 7 heteroatoms. The SMILES string of the molecule is COc1cc(/C=C(/C#N)c2nc(-c3ccc(-c4ccccc4)cc3)cs2)cc(OC)c1OC(C)=O. The first-order chi connectivity index (χ1) is 17.0. The molecule has 174 valence electrons. The number of benzene rings is 3. The van der Waals surface area contributed by atoms with E-state index in [1.165, 1.54) is 32.5 Å². The van der Waals surface area contributed by atoms with Gasteiger partial charge >= 0.3 is 5.97 Å². The summed E-state index contributed by atoms with van der Waals surface area (Å²) in [5.41, 5.74) is 5.09. The molecule has 0 N–H and O–H groups in total. The summed E-state index contributed by atoms with van der Waals surface area (Å²) in [5, 5.41) is 12.4. The van der Waals surface area contributed by atoms with Crippen molar-refractivity contribution in [1.29, 1.82) is 5.26 Å². The lowest BCUT2D eigenvalue weighted by Crippen LogP contribution is -2.05. The van der Waals surface area contributed by atoms with Gasteiger partial charge in [0.2, 0.25) is 5.75 Å². The summed E-state index contributed by atoms with van der Waals surface area (Å²) in [6.45, 7) is 1.30. The Balaban J connectivity index is 1.63. The summed E-state index contributed by atoms with van der Waals surface area (Å²) in [6, 6.07) is 23.9. The van der Waals surface area contributed by atoms with Crippen molar-refractivity contribution in [2.75, 3.05) is 14.2 Å². The number of hydrogen-bond acceptors (Lipinski definition) is 7. The molecule has 0 saturated heterocycles. The van der Waals surface area contributed by atoms with Crippen LogP contribution in [0.25, 0.3) is 34.0 Å². The van der Waals surface area contributed by atoms with E-state index < -0.39 is 5.97 Å². The molecule has 0 spiro atoms. The topological polar surface area (TPSA) is 81.4 Å². The summed E-state index contributed by atoms with van der Waals surface area (Å²) >= 11 is 1.39. The van der Waals surface area contributed by atoms with Gasteiger partial charge in [-0.05, 0) is 34.9 Å². The van der Waals surface area contributed by atoms with Gasteiger partial charge in [0.05, 0.1) is 25.5 Å². The van der Waals surface area contributed by atoms with E-state index >= 15 is 0 Å². The van der Waals surface area contributed by atoms with Crippen LogP contribution in [0.5, 0.6) is 17.2 Å². The highest BCUT2D eigenvalue weighted by Gasteiger charge is 2.17. The van der Waals surface area contributed by atoms with Crippen molar-refractivity contribution in [3.05, 3.63) is 82.7 Å². The highest BCUT2D eigenvalue weighted by Crippen LogP contribution is 2.40. The second kappa shape index (κ2) is 10.7. The Morgan fingerprint density at radius 2 is 1.54 bits per heavy atom. The van der Waals surface area contributed by atoms with Gasteiger partial charge in [0.1, 0.15) is 11.1 Å². The first-order valence-corrected chi connectivity index (χ1v) is 11.6. The monoisotopic (exact) mass is 482 g/mol. The zero-order valence-electron chi connectivity index (χ0n) is 19.4. The maximum atomic E-state index is 11.5.